The van der Waals surface area contributed by atoms with Gasteiger partial charge < -0.3 is 14.6 Å². The predicted octanol–water partition coefficient (Wildman–Crippen LogP) is 2.86. The minimum absolute atomic E-state index is 0.0682. The summed E-state index contributed by atoms with van der Waals surface area (Å²) in [5.74, 6) is -1.37. The standard InChI is InChI=1S/C18H15F2N3O2/c19-13-3-4-17(16(20)9-13)23-6-5-14(11-23)22-18(24)12(10-21)8-15-2-1-7-25-15/h1-4,7-9,14H,5-6,11H2,(H,22,24)/b12-8+. The van der Waals surface area contributed by atoms with Crippen molar-refractivity contribution in [2.24, 2.45) is 0 Å². The van der Waals surface area contributed by atoms with E-state index in [2.05, 4.69) is 5.32 Å². The Morgan fingerprint density at radius 2 is 2.24 bits per heavy atom. The molecule has 0 radical (unpaired) electrons. The van der Waals surface area contributed by atoms with E-state index >= 15 is 0 Å². The number of nitrogens with one attached hydrogen (secondary N) is 1. The summed E-state index contributed by atoms with van der Waals surface area (Å²) in [4.78, 5) is 14.0. The van der Waals surface area contributed by atoms with Gasteiger partial charge in [-0.25, -0.2) is 8.78 Å². The maximum atomic E-state index is 13.9. The largest absolute Gasteiger partial charge is 0.465 e. The van der Waals surface area contributed by atoms with Crippen LogP contribution in [-0.2, 0) is 4.79 Å². The third-order valence-electron chi connectivity index (χ3n) is 3.97. The van der Waals surface area contributed by atoms with Gasteiger partial charge in [-0.3, -0.25) is 4.79 Å². The highest BCUT2D eigenvalue weighted by Gasteiger charge is 2.26. The number of hydrogen-bond donors (Lipinski definition) is 1. The molecule has 2 heterocycles. The smallest absolute Gasteiger partial charge is 0.262 e. The molecule has 1 aliphatic rings. The van der Waals surface area contributed by atoms with Crippen molar-refractivity contribution in [3.05, 3.63) is 59.6 Å². The monoisotopic (exact) mass is 343 g/mol. The van der Waals surface area contributed by atoms with Crippen molar-refractivity contribution in [2.45, 2.75) is 12.5 Å². The summed E-state index contributed by atoms with van der Waals surface area (Å²) in [6.07, 6.45) is 3.41. The molecule has 2 aromatic rings. The number of nitrogens with zero attached hydrogens (tertiary/aromatic N) is 2. The van der Waals surface area contributed by atoms with Crippen LogP contribution in [0.2, 0.25) is 0 Å². The number of carbonyl (C=O) groups excluding carboxylic acids is 1. The summed E-state index contributed by atoms with van der Waals surface area (Å²) in [6.45, 7) is 0.908. The number of amides is 1. The van der Waals surface area contributed by atoms with E-state index in [9.17, 15) is 13.6 Å². The van der Waals surface area contributed by atoms with Gasteiger partial charge in [-0.1, -0.05) is 0 Å². The minimum Gasteiger partial charge on any atom is -0.465 e. The van der Waals surface area contributed by atoms with E-state index in [1.165, 1.54) is 24.5 Å². The van der Waals surface area contributed by atoms with Crippen LogP contribution in [0.3, 0.4) is 0 Å². The molecule has 0 spiro atoms. The Morgan fingerprint density at radius 3 is 2.92 bits per heavy atom. The van der Waals surface area contributed by atoms with Crippen molar-refractivity contribution < 1.29 is 18.0 Å². The molecule has 5 nitrogen and oxygen atoms in total. The zero-order valence-corrected chi connectivity index (χ0v) is 13.2. The van der Waals surface area contributed by atoms with Crippen LogP contribution in [0.15, 0.2) is 46.6 Å². The lowest BCUT2D eigenvalue weighted by atomic mass is 10.2. The van der Waals surface area contributed by atoms with Gasteiger partial charge in [0.15, 0.2) is 0 Å². The summed E-state index contributed by atoms with van der Waals surface area (Å²) >= 11 is 0. The van der Waals surface area contributed by atoms with E-state index < -0.39 is 17.5 Å². The van der Waals surface area contributed by atoms with Gasteiger partial charge in [0.05, 0.1) is 12.0 Å². The van der Waals surface area contributed by atoms with Crippen molar-refractivity contribution in [2.75, 3.05) is 18.0 Å². The van der Waals surface area contributed by atoms with Crippen LogP contribution in [0, 0.1) is 23.0 Å². The number of nitriles is 1. The molecular formula is C18H15F2N3O2. The Balaban J connectivity index is 1.64. The van der Waals surface area contributed by atoms with Crippen LogP contribution in [0.1, 0.15) is 12.2 Å². The number of carbonyl (C=O) groups is 1. The van der Waals surface area contributed by atoms with E-state index in [0.29, 0.717) is 31.0 Å². The summed E-state index contributed by atoms with van der Waals surface area (Å²) < 4.78 is 32.0. The molecule has 0 saturated carbocycles. The first kappa shape index (κ1) is 16.7. The molecule has 0 aliphatic carbocycles. The molecule has 128 valence electrons. The van der Waals surface area contributed by atoms with Gasteiger partial charge in [0.1, 0.15) is 29.0 Å². The molecule has 1 aliphatic heterocycles. The lowest BCUT2D eigenvalue weighted by molar-refractivity contribution is -0.117. The maximum Gasteiger partial charge on any atom is 0.262 e. The zero-order chi connectivity index (χ0) is 17.8. The van der Waals surface area contributed by atoms with Gasteiger partial charge in [-0.15, -0.1) is 0 Å². The molecule has 25 heavy (non-hydrogen) atoms. The van der Waals surface area contributed by atoms with Crippen LogP contribution < -0.4 is 10.2 Å². The molecule has 1 atom stereocenters. The fraction of sp³-hybridized carbons (Fsp3) is 0.222. The SMILES string of the molecule is N#C/C(=C\c1ccco1)C(=O)NC1CCN(c2ccc(F)cc2F)C1. The Kier molecular flexibility index (Phi) is 4.80. The topological polar surface area (TPSA) is 69.3 Å². The quantitative estimate of drug-likeness (QED) is 0.685. The lowest BCUT2D eigenvalue weighted by Gasteiger charge is -2.19. The average Bonchev–Trinajstić information content (AvgIpc) is 3.24. The summed E-state index contributed by atoms with van der Waals surface area (Å²) in [5, 5.41) is 11.9. The van der Waals surface area contributed by atoms with Crippen molar-refractivity contribution in [3.8, 4) is 6.07 Å². The first-order valence-electron chi connectivity index (χ1n) is 7.73. The van der Waals surface area contributed by atoms with Gasteiger partial charge in [0.2, 0.25) is 0 Å². The first-order chi connectivity index (χ1) is 12.1. The normalized spacial score (nSPS) is 17.4. The summed E-state index contributed by atoms with van der Waals surface area (Å²) in [5.41, 5.74) is 0.228. The van der Waals surface area contributed by atoms with E-state index in [-0.39, 0.29) is 11.6 Å². The fourth-order valence-corrected chi connectivity index (χ4v) is 2.76. The molecule has 1 aromatic carbocycles. The van der Waals surface area contributed by atoms with E-state index in [0.717, 1.165) is 6.07 Å². The molecule has 3 rings (SSSR count). The van der Waals surface area contributed by atoms with Crippen molar-refractivity contribution in [3.63, 3.8) is 0 Å². The fourth-order valence-electron chi connectivity index (χ4n) is 2.76. The average molecular weight is 343 g/mol. The second-order valence-electron chi connectivity index (χ2n) is 5.69. The highest BCUT2D eigenvalue weighted by molar-refractivity contribution is 6.01. The number of hydrogen-bond acceptors (Lipinski definition) is 4. The maximum absolute atomic E-state index is 13.9. The molecule has 1 aromatic heterocycles. The number of rotatable bonds is 4. The number of halogens is 2. The first-order valence-corrected chi connectivity index (χ1v) is 7.73. The number of benzene rings is 1. The number of furan rings is 1. The van der Waals surface area contributed by atoms with Gasteiger partial charge in [0.25, 0.3) is 5.91 Å². The van der Waals surface area contributed by atoms with E-state index in [1.807, 2.05) is 6.07 Å². The molecule has 1 fully saturated rings. The lowest BCUT2D eigenvalue weighted by Crippen LogP contribution is -2.37. The second kappa shape index (κ2) is 7.18. The Morgan fingerprint density at radius 1 is 1.40 bits per heavy atom. The molecule has 1 saturated heterocycles. The highest BCUT2D eigenvalue weighted by atomic mass is 19.1. The third kappa shape index (κ3) is 3.86. The molecule has 0 bridgehead atoms. The van der Waals surface area contributed by atoms with Crippen LogP contribution in [-0.4, -0.2) is 25.0 Å². The van der Waals surface area contributed by atoms with Crippen molar-refractivity contribution >= 4 is 17.7 Å². The van der Waals surface area contributed by atoms with Crippen LogP contribution >= 0.6 is 0 Å². The molecule has 1 unspecified atom stereocenters. The van der Waals surface area contributed by atoms with Crippen LogP contribution in [0.25, 0.3) is 6.08 Å². The van der Waals surface area contributed by atoms with Gasteiger partial charge in [0, 0.05) is 31.3 Å². The molecule has 1 amide bonds. The molecular weight excluding hydrogens is 328 g/mol. The molecule has 7 heteroatoms. The van der Waals surface area contributed by atoms with E-state index in [1.54, 1.807) is 17.0 Å². The van der Waals surface area contributed by atoms with Gasteiger partial charge in [-0.05, 0) is 30.7 Å². The summed E-state index contributed by atoms with van der Waals surface area (Å²) in [6, 6.07) is 8.32. The van der Waals surface area contributed by atoms with Crippen molar-refractivity contribution in [1.29, 1.82) is 5.26 Å². The summed E-state index contributed by atoms with van der Waals surface area (Å²) in [7, 11) is 0. The van der Waals surface area contributed by atoms with E-state index in [4.69, 9.17) is 9.68 Å². The van der Waals surface area contributed by atoms with Gasteiger partial charge >= 0.3 is 0 Å². The predicted molar refractivity (Wildman–Crippen MR) is 87.4 cm³/mol. The molecule has 1 N–H and O–H groups in total. The third-order valence-corrected chi connectivity index (χ3v) is 3.97. The van der Waals surface area contributed by atoms with Crippen LogP contribution in [0.4, 0.5) is 14.5 Å². The zero-order valence-electron chi connectivity index (χ0n) is 13.2. The Bertz CT molecular complexity index is 841. The van der Waals surface area contributed by atoms with Crippen LogP contribution in [0.5, 0.6) is 0 Å². The second-order valence-corrected chi connectivity index (χ2v) is 5.69. The van der Waals surface area contributed by atoms with Crippen molar-refractivity contribution in [1.82, 2.24) is 5.32 Å². The number of anilines is 1. The Labute approximate surface area is 143 Å². The highest BCUT2D eigenvalue weighted by Crippen LogP contribution is 2.24. The minimum atomic E-state index is -0.637. The Hall–Kier alpha value is -3.14. The van der Waals surface area contributed by atoms with Gasteiger partial charge in [-0.2, -0.15) is 5.26 Å².